The van der Waals surface area contributed by atoms with Crippen LogP contribution >= 0.6 is 0 Å². The lowest BCUT2D eigenvalue weighted by atomic mass is 10.2. The van der Waals surface area contributed by atoms with E-state index in [9.17, 15) is 0 Å². The van der Waals surface area contributed by atoms with E-state index >= 15 is 0 Å². The van der Waals surface area contributed by atoms with E-state index in [2.05, 4.69) is 18.0 Å². The minimum atomic E-state index is 0.347. The van der Waals surface area contributed by atoms with Crippen LogP contribution in [-0.2, 0) is 6.42 Å². The van der Waals surface area contributed by atoms with Crippen molar-refractivity contribution in [3.8, 4) is 17.7 Å². The zero-order valence-corrected chi connectivity index (χ0v) is 9.55. The van der Waals surface area contributed by atoms with Crippen LogP contribution in [0.15, 0.2) is 42.6 Å². The van der Waals surface area contributed by atoms with Gasteiger partial charge in [-0.3, -0.25) is 0 Å². The molecule has 0 aliphatic carbocycles. The molecule has 0 saturated heterocycles. The second kappa shape index (κ2) is 5.13. The molecule has 0 radical (unpaired) electrons. The molecular weight excluding hydrogens is 212 g/mol. The first kappa shape index (κ1) is 11.2. The smallest absolute Gasteiger partial charge is 0.237 e. The standard InChI is InChI=1S/C14H12N2O/c1-2-11-5-7-13(8-6-11)17-14-12(10-15)4-3-9-16-14/h3-9H,2H2,1H3. The lowest BCUT2D eigenvalue weighted by Crippen LogP contribution is -1.91. The van der Waals surface area contributed by atoms with E-state index in [1.165, 1.54) is 5.56 Å². The van der Waals surface area contributed by atoms with Gasteiger partial charge in [-0.2, -0.15) is 5.26 Å². The molecule has 17 heavy (non-hydrogen) atoms. The second-order valence-corrected chi connectivity index (χ2v) is 3.57. The third-order valence-electron chi connectivity index (χ3n) is 2.44. The molecule has 2 aromatic rings. The summed E-state index contributed by atoms with van der Waals surface area (Å²) in [6, 6.07) is 13.2. The predicted molar refractivity (Wildman–Crippen MR) is 64.8 cm³/mol. The Bertz CT molecular complexity index is 541. The Kier molecular flexibility index (Phi) is 3.37. The molecule has 3 heteroatoms. The first-order valence-corrected chi connectivity index (χ1v) is 5.45. The summed E-state index contributed by atoms with van der Waals surface area (Å²) in [5.41, 5.74) is 1.69. The average Bonchev–Trinajstić information content (AvgIpc) is 2.40. The van der Waals surface area contributed by atoms with Gasteiger partial charge >= 0.3 is 0 Å². The minimum absolute atomic E-state index is 0.347. The van der Waals surface area contributed by atoms with E-state index in [4.69, 9.17) is 10.00 Å². The summed E-state index contributed by atoms with van der Waals surface area (Å²) in [5.74, 6) is 1.04. The molecule has 0 atom stereocenters. The minimum Gasteiger partial charge on any atom is -0.438 e. The number of aryl methyl sites for hydroxylation is 1. The van der Waals surface area contributed by atoms with Crippen LogP contribution < -0.4 is 4.74 Å². The lowest BCUT2D eigenvalue weighted by molar-refractivity contribution is 0.461. The molecule has 0 unspecified atom stereocenters. The van der Waals surface area contributed by atoms with Crippen LogP contribution in [0, 0.1) is 11.3 Å². The van der Waals surface area contributed by atoms with Gasteiger partial charge in [0.05, 0.1) is 0 Å². The fourth-order valence-corrected chi connectivity index (χ4v) is 1.46. The molecule has 1 aromatic carbocycles. The lowest BCUT2D eigenvalue weighted by Gasteiger charge is -2.06. The topological polar surface area (TPSA) is 45.9 Å². The summed E-state index contributed by atoms with van der Waals surface area (Å²) in [5, 5.41) is 8.91. The number of nitrogens with zero attached hydrogens (tertiary/aromatic N) is 2. The first-order chi connectivity index (χ1) is 8.33. The summed E-state index contributed by atoms with van der Waals surface area (Å²) >= 11 is 0. The van der Waals surface area contributed by atoms with Crippen LogP contribution in [0.4, 0.5) is 0 Å². The Labute approximate surface area is 100 Å². The number of aromatic nitrogens is 1. The van der Waals surface area contributed by atoms with Crippen LogP contribution in [0.1, 0.15) is 18.1 Å². The molecule has 3 nitrogen and oxygen atoms in total. The van der Waals surface area contributed by atoms with Crippen LogP contribution in [0.2, 0.25) is 0 Å². The third-order valence-corrected chi connectivity index (χ3v) is 2.44. The molecule has 1 heterocycles. The quantitative estimate of drug-likeness (QED) is 0.803. The Hall–Kier alpha value is -2.34. The Morgan fingerprint density at radius 1 is 1.24 bits per heavy atom. The van der Waals surface area contributed by atoms with Crippen LogP contribution in [0.3, 0.4) is 0 Å². The van der Waals surface area contributed by atoms with Crippen molar-refractivity contribution in [1.82, 2.24) is 4.98 Å². The molecule has 84 valence electrons. The molecule has 0 bridgehead atoms. The van der Waals surface area contributed by atoms with Gasteiger partial charge in [0, 0.05) is 6.20 Å². The van der Waals surface area contributed by atoms with Gasteiger partial charge in [-0.05, 0) is 36.2 Å². The number of ether oxygens (including phenoxy) is 1. The highest BCUT2D eigenvalue weighted by Gasteiger charge is 2.04. The van der Waals surface area contributed by atoms with Gasteiger partial charge in [0.15, 0.2) is 0 Å². The van der Waals surface area contributed by atoms with E-state index in [1.54, 1.807) is 18.3 Å². The Morgan fingerprint density at radius 2 is 2.00 bits per heavy atom. The third kappa shape index (κ3) is 2.61. The van der Waals surface area contributed by atoms with Gasteiger partial charge in [-0.15, -0.1) is 0 Å². The normalized spacial score (nSPS) is 9.65. The summed E-state index contributed by atoms with van der Waals surface area (Å²) in [6.07, 6.45) is 2.60. The maximum absolute atomic E-state index is 8.91. The highest BCUT2D eigenvalue weighted by molar-refractivity contribution is 5.40. The summed E-state index contributed by atoms with van der Waals surface area (Å²) < 4.78 is 5.57. The predicted octanol–water partition coefficient (Wildman–Crippen LogP) is 3.31. The zero-order valence-electron chi connectivity index (χ0n) is 9.55. The van der Waals surface area contributed by atoms with Crippen molar-refractivity contribution in [2.45, 2.75) is 13.3 Å². The Balaban J connectivity index is 2.23. The zero-order chi connectivity index (χ0) is 12.1. The van der Waals surface area contributed by atoms with Crippen molar-refractivity contribution >= 4 is 0 Å². The van der Waals surface area contributed by atoms with Crippen molar-refractivity contribution in [1.29, 1.82) is 5.26 Å². The van der Waals surface area contributed by atoms with E-state index in [1.807, 2.05) is 24.3 Å². The number of pyridine rings is 1. The maximum atomic E-state index is 8.91. The molecule has 0 amide bonds. The van der Waals surface area contributed by atoms with Crippen molar-refractivity contribution in [2.24, 2.45) is 0 Å². The van der Waals surface area contributed by atoms with E-state index < -0.39 is 0 Å². The van der Waals surface area contributed by atoms with Gasteiger partial charge in [0.1, 0.15) is 17.4 Å². The molecule has 1 aromatic heterocycles. The van der Waals surface area contributed by atoms with Gasteiger partial charge in [-0.25, -0.2) is 4.98 Å². The fourth-order valence-electron chi connectivity index (χ4n) is 1.46. The second-order valence-electron chi connectivity index (χ2n) is 3.57. The molecule has 0 saturated carbocycles. The van der Waals surface area contributed by atoms with E-state index in [-0.39, 0.29) is 0 Å². The number of nitriles is 1. The van der Waals surface area contributed by atoms with E-state index in [0.29, 0.717) is 17.2 Å². The number of hydrogen-bond donors (Lipinski definition) is 0. The average molecular weight is 224 g/mol. The van der Waals surface area contributed by atoms with Crippen molar-refractivity contribution in [3.05, 3.63) is 53.7 Å². The molecule has 0 aliphatic rings. The van der Waals surface area contributed by atoms with Crippen LogP contribution in [0.5, 0.6) is 11.6 Å². The Morgan fingerprint density at radius 3 is 2.65 bits per heavy atom. The van der Waals surface area contributed by atoms with Gasteiger partial charge in [-0.1, -0.05) is 19.1 Å². The van der Waals surface area contributed by atoms with Gasteiger partial charge < -0.3 is 4.74 Å². The highest BCUT2D eigenvalue weighted by Crippen LogP contribution is 2.22. The number of benzene rings is 1. The summed E-state index contributed by atoms with van der Waals surface area (Å²) in [7, 11) is 0. The molecular formula is C14H12N2O. The first-order valence-electron chi connectivity index (χ1n) is 5.45. The monoisotopic (exact) mass is 224 g/mol. The number of rotatable bonds is 3. The number of hydrogen-bond acceptors (Lipinski definition) is 3. The van der Waals surface area contributed by atoms with Crippen molar-refractivity contribution in [2.75, 3.05) is 0 Å². The molecule has 2 rings (SSSR count). The largest absolute Gasteiger partial charge is 0.438 e. The van der Waals surface area contributed by atoms with Gasteiger partial charge in [0.25, 0.3) is 0 Å². The molecule has 0 N–H and O–H groups in total. The highest BCUT2D eigenvalue weighted by atomic mass is 16.5. The summed E-state index contributed by atoms with van der Waals surface area (Å²) in [4.78, 5) is 4.04. The molecule has 0 spiro atoms. The van der Waals surface area contributed by atoms with Crippen LogP contribution in [0.25, 0.3) is 0 Å². The molecule has 0 fully saturated rings. The molecule has 0 aliphatic heterocycles. The fraction of sp³-hybridized carbons (Fsp3) is 0.143. The maximum Gasteiger partial charge on any atom is 0.237 e. The van der Waals surface area contributed by atoms with E-state index in [0.717, 1.165) is 6.42 Å². The summed E-state index contributed by atoms with van der Waals surface area (Å²) in [6.45, 7) is 2.10. The van der Waals surface area contributed by atoms with Gasteiger partial charge in [0.2, 0.25) is 5.88 Å². The van der Waals surface area contributed by atoms with Crippen LogP contribution in [-0.4, -0.2) is 4.98 Å². The van der Waals surface area contributed by atoms with Crippen molar-refractivity contribution in [3.63, 3.8) is 0 Å². The SMILES string of the molecule is CCc1ccc(Oc2ncccc2C#N)cc1. The van der Waals surface area contributed by atoms with Crippen molar-refractivity contribution < 1.29 is 4.74 Å².